The summed E-state index contributed by atoms with van der Waals surface area (Å²) in [6.45, 7) is 5.23. The van der Waals surface area contributed by atoms with E-state index in [9.17, 15) is 13.2 Å². The minimum Gasteiger partial charge on any atom is -0.379 e. The third kappa shape index (κ3) is 5.14. The van der Waals surface area contributed by atoms with Crippen LogP contribution in [0.5, 0.6) is 0 Å². The number of thiocarbonyl (C=S) groups is 1. The smallest absolute Gasteiger partial charge is 0.266 e. The molecule has 3 aromatic rings. The number of nitrogens with zero attached hydrogens (tertiary/aromatic N) is 4. The molecule has 2 aromatic carbocycles. The van der Waals surface area contributed by atoms with Crippen LogP contribution in [0.3, 0.4) is 0 Å². The fraction of sp³-hybridized carbons (Fsp3) is 0.269. The predicted molar refractivity (Wildman–Crippen MR) is 149 cm³/mol. The maximum absolute atomic E-state index is 13.3. The number of hydrogen-bond acceptors (Lipinski definition) is 7. The molecule has 0 bridgehead atoms. The largest absolute Gasteiger partial charge is 0.379 e. The Morgan fingerprint density at radius 3 is 2.49 bits per heavy atom. The Morgan fingerprint density at radius 1 is 1.08 bits per heavy atom. The van der Waals surface area contributed by atoms with Crippen LogP contribution in [0.2, 0.25) is 0 Å². The van der Waals surface area contributed by atoms with Gasteiger partial charge in [-0.05, 0) is 44.2 Å². The first-order valence-electron chi connectivity index (χ1n) is 11.9. The van der Waals surface area contributed by atoms with E-state index in [1.807, 2.05) is 56.4 Å². The average Bonchev–Trinajstić information content (AvgIpc) is 3.45. The first-order chi connectivity index (χ1) is 17.8. The Kier molecular flexibility index (Phi) is 7.32. The van der Waals surface area contributed by atoms with Crippen LogP contribution in [-0.2, 0) is 19.6 Å². The molecule has 0 N–H and O–H groups in total. The number of rotatable bonds is 6. The van der Waals surface area contributed by atoms with Gasteiger partial charge in [0.05, 0.1) is 28.7 Å². The third-order valence-corrected chi connectivity index (χ3v) is 9.33. The monoisotopic (exact) mass is 554 g/mol. The van der Waals surface area contributed by atoms with Crippen LogP contribution < -0.4 is 0 Å². The summed E-state index contributed by atoms with van der Waals surface area (Å²) in [5.41, 5.74) is 2.73. The molecule has 2 fully saturated rings. The van der Waals surface area contributed by atoms with Crippen molar-refractivity contribution in [3.8, 4) is 16.9 Å². The standard InChI is InChI=1S/C26H26N4O4S3/c1-18(2)30-25(31)23(36-26(30)35)16-20-17-29(21-8-4-3-5-9-21)27-24(20)19-7-6-10-22(15-19)37(32,33)28-11-13-34-14-12-28/h3-10,15-18H,11-14H2,1-2H3. The highest BCUT2D eigenvalue weighted by atomic mass is 32.2. The molecule has 3 heterocycles. The van der Waals surface area contributed by atoms with Gasteiger partial charge in [0, 0.05) is 36.5 Å². The highest BCUT2D eigenvalue weighted by Crippen LogP contribution is 2.36. The quantitative estimate of drug-likeness (QED) is 0.334. The van der Waals surface area contributed by atoms with Crippen LogP contribution >= 0.6 is 24.0 Å². The van der Waals surface area contributed by atoms with Crippen LogP contribution in [0.4, 0.5) is 0 Å². The Labute approximate surface area is 226 Å². The van der Waals surface area contributed by atoms with Gasteiger partial charge in [0.1, 0.15) is 10.0 Å². The van der Waals surface area contributed by atoms with Crippen molar-refractivity contribution in [1.29, 1.82) is 0 Å². The van der Waals surface area contributed by atoms with Crippen LogP contribution in [0, 0.1) is 0 Å². The molecule has 0 aliphatic carbocycles. The SMILES string of the molecule is CC(C)N1C(=O)C(=Cc2cn(-c3ccccc3)nc2-c2cccc(S(=O)(=O)N3CCOCC3)c2)SC1=S. The van der Waals surface area contributed by atoms with Gasteiger partial charge in [-0.15, -0.1) is 0 Å². The summed E-state index contributed by atoms with van der Waals surface area (Å²) in [4.78, 5) is 15.4. The van der Waals surface area contributed by atoms with E-state index in [-0.39, 0.29) is 16.8 Å². The van der Waals surface area contributed by atoms with Gasteiger partial charge in [-0.25, -0.2) is 13.1 Å². The molecule has 0 spiro atoms. The van der Waals surface area contributed by atoms with E-state index >= 15 is 0 Å². The number of aromatic nitrogens is 2. The highest BCUT2D eigenvalue weighted by Gasteiger charge is 2.34. The molecule has 5 rings (SSSR count). The zero-order valence-corrected chi connectivity index (χ0v) is 22.9. The maximum atomic E-state index is 13.3. The summed E-state index contributed by atoms with van der Waals surface area (Å²) >= 11 is 6.70. The second-order valence-corrected chi connectivity index (χ2v) is 12.5. The molecule has 0 atom stereocenters. The summed E-state index contributed by atoms with van der Waals surface area (Å²) in [7, 11) is -3.68. The Bertz CT molecular complexity index is 1480. The van der Waals surface area contributed by atoms with Crippen molar-refractivity contribution >= 4 is 50.3 Å². The Hall–Kier alpha value is -2.83. The molecule has 0 radical (unpaired) electrons. The zero-order valence-electron chi connectivity index (χ0n) is 20.4. The van der Waals surface area contributed by atoms with Gasteiger partial charge in [0.15, 0.2) is 0 Å². The second-order valence-electron chi connectivity index (χ2n) is 8.90. The molecule has 37 heavy (non-hydrogen) atoms. The van der Waals surface area contributed by atoms with Gasteiger partial charge < -0.3 is 4.74 Å². The second kappa shape index (κ2) is 10.5. The molecule has 0 unspecified atom stereocenters. The first kappa shape index (κ1) is 25.8. The fourth-order valence-electron chi connectivity index (χ4n) is 4.24. The van der Waals surface area contributed by atoms with Crippen LogP contribution in [0.15, 0.2) is 70.6 Å². The summed E-state index contributed by atoms with van der Waals surface area (Å²) in [6, 6.07) is 16.3. The number of carbonyl (C=O) groups excluding carboxylic acids is 1. The van der Waals surface area contributed by atoms with Gasteiger partial charge in [0.25, 0.3) is 5.91 Å². The summed E-state index contributed by atoms with van der Waals surface area (Å²) in [5.74, 6) is -0.146. The van der Waals surface area contributed by atoms with E-state index in [4.69, 9.17) is 22.1 Å². The predicted octanol–water partition coefficient (Wildman–Crippen LogP) is 4.17. The van der Waals surface area contributed by atoms with Crippen molar-refractivity contribution in [3.05, 3.63) is 71.3 Å². The topological polar surface area (TPSA) is 84.7 Å². The van der Waals surface area contributed by atoms with E-state index in [0.717, 1.165) is 5.69 Å². The molecule has 2 saturated heterocycles. The van der Waals surface area contributed by atoms with Gasteiger partial charge in [-0.2, -0.15) is 9.40 Å². The number of thioether (sulfide) groups is 1. The molecule has 192 valence electrons. The number of sulfonamides is 1. The van der Waals surface area contributed by atoms with Gasteiger partial charge in [-0.1, -0.05) is 54.3 Å². The van der Waals surface area contributed by atoms with E-state index in [0.29, 0.717) is 52.3 Å². The number of morpholine rings is 1. The number of amides is 1. The maximum Gasteiger partial charge on any atom is 0.266 e. The van der Waals surface area contributed by atoms with Gasteiger partial charge >= 0.3 is 0 Å². The van der Waals surface area contributed by atoms with Crippen molar-refractivity contribution in [2.45, 2.75) is 24.8 Å². The summed E-state index contributed by atoms with van der Waals surface area (Å²) in [5, 5.41) is 4.80. The molecule has 2 aliphatic heterocycles. The molecule has 0 saturated carbocycles. The van der Waals surface area contributed by atoms with Crippen molar-refractivity contribution < 1.29 is 17.9 Å². The molecule has 8 nitrogen and oxygen atoms in total. The Morgan fingerprint density at radius 2 is 1.81 bits per heavy atom. The minimum atomic E-state index is -3.68. The molecule has 1 aromatic heterocycles. The number of hydrogen-bond donors (Lipinski definition) is 0. The minimum absolute atomic E-state index is 0.0491. The number of carbonyl (C=O) groups is 1. The van der Waals surface area contributed by atoms with Crippen molar-refractivity contribution in [3.63, 3.8) is 0 Å². The van der Waals surface area contributed by atoms with E-state index in [1.54, 1.807) is 33.9 Å². The summed E-state index contributed by atoms with van der Waals surface area (Å²) in [6.07, 6.45) is 3.63. The lowest BCUT2D eigenvalue weighted by atomic mass is 10.1. The van der Waals surface area contributed by atoms with E-state index < -0.39 is 10.0 Å². The van der Waals surface area contributed by atoms with Crippen LogP contribution in [-0.4, -0.2) is 70.0 Å². The van der Waals surface area contributed by atoms with Crippen molar-refractivity contribution in [2.24, 2.45) is 0 Å². The zero-order chi connectivity index (χ0) is 26.2. The van der Waals surface area contributed by atoms with Gasteiger partial charge in [0.2, 0.25) is 10.0 Å². The Balaban J connectivity index is 1.59. The van der Waals surface area contributed by atoms with Crippen LogP contribution in [0.25, 0.3) is 23.0 Å². The lowest BCUT2D eigenvalue weighted by Crippen LogP contribution is -2.40. The van der Waals surface area contributed by atoms with Crippen molar-refractivity contribution in [2.75, 3.05) is 26.3 Å². The van der Waals surface area contributed by atoms with E-state index in [2.05, 4.69) is 0 Å². The third-order valence-electron chi connectivity index (χ3n) is 6.11. The number of para-hydroxylation sites is 1. The summed E-state index contributed by atoms with van der Waals surface area (Å²) < 4.78 is 35.6. The first-order valence-corrected chi connectivity index (χ1v) is 14.5. The molecular weight excluding hydrogens is 529 g/mol. The van der Waals surface area contributed by atoms with Gasteiger partial charge in [-0.3, -0.25) is 9.69 Å². The average molecular weight is 555 g/mol. The molecular formula is C26H26N4O4S3. The lowest BCUT2D eigenvalue weighted by Gasteiger charge is -2.26. The normalized spacial score (nSPS) is 18.4. The molecule has 2 aliphatic rings. The fourth-order valence-corrected chi connectivity index (χ4v) is 7.21. The highest BCUT2D eigenvalue weighted by molar-refractivity contribution is 8.26. The van der Waals surface area contributed by atoms with Crippen LogP contribution in [0.1, 0.15) is 19.4 Å². The van der Waals surface area contributed by atoms with Crippen molar-refractivity contribution in [1.82, 2.24) is 19.0 Å². The lowest BCUT2D eigenvalue weighted by molar-refractivity contribution is -0.123. The number of ether oxygens (including phenoxy) is 1. The van der Waals surface area contributed by atoms with E-state index in [1.165, 1.54) is 16.1 Å². The number of benzene rings is 2. The molecule has 11 heteroatoms. The molecule has 1 amide bonds.